The Hall–Kier alpha value is -1.37. The Kier molecular flexibility index (Phi) is 4.97. The Morgan fingerprint density at radius 3 is 2.44 bits per heavy atom. The van der Waals surface area contributed by atoms with Gasteiger partial charge in [-0.2, -0.15) is 0 Å². The molecule has 1 rings (SSSR count). The molecule has 0 spiro atoms. The summed E-state index contributed by atoms with van der Waals surface area (Å²) in [6, 6.07) is 8.44. The highest BCUT2D eigenvalue weighted by Gasteiger charge is 2.04. The van der Waals surface area contributed by atoms with Gasteiger partial charge in [0.15, 0.2) is 0 Å². The molecular weight excluding hydrogens is 196 g/mol. The van der Waals surface area contributed by atoms with Crippen LogP contribution in [0.25, 0.3) is 6.08 Å². The normalized spacial score (nSPS) is 13.6. The van der Waals surface area contributed by atoms with Crippen LogP contribution < -0.4 is 0 Å². The van der Waals surface area contributed by atoms with E-state index in [1.54, 1.807) is 0 Å². The molecule has 1 unspecified atom stereocenters. The SMILES string of the molecule is CCC(C=O)CC(C)=Cc1ccc(C)cc1. The first-order valence-corrected chi connectivity index (χ1v) is 5.84. The molecule has 1 nitrogen and oxygen atoms in total. The lowest BCUT2D eigenvalue weighted by Crippen LogP contribution is -2.00. The van der Waals surface area contributed by atoms with Gasteiger partial charge < -0.3 is 4.79 Å². The van der Waals surface area contributed by atoms with Gasteiger partial charge in [-0.25, -0.2) is 0 Å². The molecule has 0 bridgehead atoms. The van der Waals surface area contributed by atoms with Gasteiger partial charge in [-0.1, -0.05) is 48.4 Å². The summed E-state index contributed by atoms with van der Waals surface area (Å²) in [7, 11) is 0. The largest absolute Gasteiger partial charge is 0.303 e. The Morgan fingerprint density at radius 2 is 1.94 bits per heavy atom. The number of carbonyl (C=O) groups excluding carboxylic acids is 1. The number of allylic oxidation sites excluding steroid dienone is 1. The second kappa shape index (κ2) is 6.26. The molecule has 0 amide bonds. The zero-order chi connectivity index (χ0) is 12.0. The average molecular weight is 216 g/mol. The Labute approximate surface area is 98.2 Å². The van der Waals surface area contributed by atoms with Gasteiger partial charge in [0.1, 0.15) is 6.29 Å². The molecule has 0 fully saturated rings. The van der Waals surface area contributed by atoms with E-state index >= 15 is 0 Å². The van der Waals surface area contributed by atoms with Gasteiger partial charge >= 0.3 is 0 Å². The second-order valence-electron chi connectivity index (χ2n) is 4.41. The van der Waals surface area contributed by atoms with Crippen molar-refractivity contribution < 1.29 is 4.79 Å². The van der Waals surface area contributed by atoms with Crippen LogP contribution in [0.2, 0.25) is 0 Å². The van der Waals surface area contributed by atoms with Gasteiger partial charge in [-0.3, -0.25) is 0 Å². The first-order valence-electron chi connectivity index (χ1n) is 5.84. The van der Waals surface area contributed by atoms with Crippen molar-refractivity contribution in [1.29, 1.82) is 0 Å². The summed E-state index contributed by atoms with van der Waals surface area (Å²) in [5, 5.41) is 0. The van der Waals surface area contributed by atoms with Crippen LogP contribution in [-0.4, -0.2) is 6.29 Å². The van der Waals surface area contributed by atoms with Crippen LogP contribution in [0.3, 0.4) is 0 Å². The van der Waals surface area contributed by atoms with E-state index in [2.05, 4.69) is 51.1 Å². The van der Waals surface area contributed by atoms with Gasteiger partial charge in [0.05, 0.1) is 0 Å². The fourth-order valence-corrected chi connectivity index (χ4v) is 1.71. The third-order valence-corrected chi connectivity index (χ3v) is 2.79. The number of carbonyl (C=O) groups is 1. The molecule has 1 aromatic rings. The number of aldehydes is 1. The monoisotopic (exact) mass is 216 g/mol. The van der Waals surface area contributed by atoms with Crippen molar-refractivity contribution in [2.45, 2.75) is 33.6 Å². The van der Waals surface area contributed by atoms with Crippen molar-refractivity contribution in [2.75, 3.05) is 0 Å². The van der Waals surface area contributed by atoms with E-state index in [0.717, 1.165) is 19.1 Å². The van der Waals surface area contributed by atoms with Crippen molar-refractivity contribution in [3.8, 4) is 0 Å². The third kappa shape index (κ3) is 4.01. The summed E-state index contributed by atoms with van der Waals surface area (Å²) in [6.45, 7) is 6.23. The molecule has 0 heterocycles. The fourth-order valence-electron chi connectivity index (χ4n) is 1.71. The quantitative estimate of drug-likeness (QED) is 0.679. The fraction of sp³-hybridized carbons (Fsp3) is 0.400. The molecule has 1 heteroatoms. The molecular formula is C15H20O. The lowest BCUT2D eigenvalue weighted by atomic mass is 9.98. The van der Waals surface area contributed by atoms with Crippen molar-refractivity contribution in [3.05, 3.63) is 41.0 Å². The lowest BCUT2D eigenvalue weighted by molar-refractivity contribution is -0.111. The van der Waals surface area contributed by atoms with E-state index in [1.807, 2.05) is 0 Å². The highest BCUT2D eigenvalue weighted by atomic mass is 16.1. The minimum atomic E-state index is 0.168. The van der Waals surface area contributed by atoms with Crippen LogP contribution >= 0.6 is 0 Å². The van der Waals surface area contributed by atoms with E-state index in [0.29, 0.717) is 0 Å². The van der Waals surface area contributed by atoms with Crippen LogP contribution in [0.4, 0.5) is 0 Å². The summed E-state index contributed by atoms with van der Waals surface area (Å²) in [5.74, 6) is 0.168. The molecule has 0 aliphatic rings. The molecule has 0 saturated heterocycles. The summed E-state index contributed by atoms with van der Waals surface area (Å²) in [4.78, 5) is 10.7. The minimum absolute atomic E-state index is 0.168. The van der Waals surface area contributed by atoms with Gasteiger partial charge in [0.2, 0.25) is 0 Å². The Balaban J connectivity index is 2.68. The number of benzene rings is 1. The second-order valence-corrected chi connectivity index (χ2v) is 4.41. The van der Waals surface area contributed by atoms with Crippen molar-refractivity contribution in [2.24, 2.45) is 5.92 Å². The maximum atomic E-state index is 10.7. The molecule has 0 saturated carbocycles. The molecule has 0 aliphatic carbocycles. The molecule has 0 radical (unpaired) electrons. The molecule has 1 aromatic carbocycles. The maximum Gasteiger partial charge on any atom is 0.123 e. The Morgan fingerprint density at radius 1 is 1.31 bits per heavy atom. The molecule has 16 heavy (non-hydrogen) atoms. The van der Waals surface area contributed by atoms with Crippen LogP contribution in [0.1, 0.15) is 37.8 Å². The van der Waals surface area contributed by atoms with Crippen LogP contribution in [-0.2, 0) is 4.79 Å². The molecule has 86 valence electrons. The first kappa shape index (κ1) is 12.7. The topological polar surface area (TPSA) is 17.1 Å². The van der Waals surface area contributed by atoms with Gasteiger partial charge in [-0.15, -0.1) is 0 Å². The maximum absolute atomic E-state index is 10.7. The van der Waals surface area contributed by atoms with Gasteiger partial charge in [-0.05, 0) is 32.3 Å². The van der Waals surface area contributed by atoms with Crippen molar-refractivity contribution >= 4 is 12.4 Å². The van der Waals surface area contributed by atoms with Crippen LogP contribution in [0, 0.1) is 12.8 Å². The van der Waals surface area contributed by atoms with E-state index in [4.69, 9.17) is 0 Å². The predicted octanol–water partition coefficient (Wildman–Crippen LogP) is 4.01. The molecule has 0 aliphatic heterocycles. The molecule has 0 aromatic heterocycles. The van der Waals surface area contributed by atoms with E-state index in [1.165, 1.54) is 16.7 Å². The predicted molar refractivity (Wildman–Crippen MR) is 69.3 cm³/mol. The zero-order valence-electron chi connectivity index (χ0n) is 10.4. The summed E-state index contributed by atoms with van der Waals surface area (Å²) in [5.41, 5.74) is 3.75. The van der Waals surface area contributed by atoms with Crippen molar-refractivity contribution in [3.63, 3.8) is 0 Å². The highest BCUT2D eigenvalue weighted by Crippen LogP contribution is 2.16. The number of aryl methyl sites for hydroxylation is 1. The lowest BCUT2D eigenvalue weighted by Gasteiger charge is -2.07. The average Bonchev–Trinajstić information content (AvgIpc) is 2.29. The summed E-state index contributed by atoms with van der Waals surface area (Å²) in [6.07, 6.45) is 5.01. The van der Waals surface area contributed by atoms with Crippen LogP contribution in [0.15, 0.2) is 29.8 Å². The third-order valence-electron chi connectivity index (χ3n) is 2.79. The van der Waals surface area contributed by atoms with E-state index < -0.39 is 0 Å². The molecule has 0 N–H and O–H groups in total. The number of rotatable bonds is 5. The van der Waals surface area contributed by atoms with E-state index in [-0.39, 0.29) is 5.92 Å². The molecule has 1 atom stereocenters. The summed E-state index contributed by atoms with van der Waals surface area (Å²) >= 11 is 0. The van der Waals surface area contributed by atoms with Crippen molar-refractivity contribution in [1.82, 2.24) is 0 Å². The van der Waals surface area contributed by atoms with Gasteiger partial charge in [0.25, 0.3) is 0 Å². The first-order chi connectivity index (χ1) is 7.65. The summed E-state index contributed by atoms with van der Waals surface area (Å²) < 4.78 is 0. The van der Waals surface area contributed by atoms with Gasteiger partial charge in [0, 0.05) is 5.92 Å². The highest BCUT2D eigenvalue weighted by molar-refractivity contribution is 5.57. The smallest absolute Gasteiger partial charge is 0.123 e. The zero-order valence-corrected chi connectivity index (χ0v) is 10.4. The minimum Gasteiger partial charge on any atom is -0.303 e. The van der Waals surface area contributed by atoms with Crippen LogP contribution in [0.5, 0.6) is 0 Å². The number of hydrogen-bond acceptors (Lipinski definition) is 1. The standard InChI is InChI=1S/C15H20O/c1-4-14(11-16)9-13(3)10-15-7-5-12(2)6-8-15/h5-8,10-11,14H,4,9H2,1-3H3. The number of hydrogen-bond donors (Lipinski definition) is 0. The van der Waals surface area contributed by atoms with E-state index in [9.17, 15) is 4.79 Å². The Bertz CT molecular complexity index is 360.